The minimum Gasteiger partial charge on any atom is -0.257 e. The van der Waals surface area contributed by atoms with Crippen LogP contribution in [0.25, 0.3) is 6.08 Å². The lowest BCUT2D eigenvalue weighted by Crippen LogP contribution is -2.18. The average Bonchev–Trinajstić information content (AvgIpc) is 3.13. The summed E-state index contributed by atoms with van der Waals surface area (Å²) in [5.41, 5.74) is 4.55. The molecule has 26 heavy (non-hydrogen) atoms. The van der Waals surface area contributed by atoms with Crippen molar-refractivity contribution < 1.29 is 0 Å². The zero-order valence-corrected chi connectivity index (χ0v) is 15.1. The van der Waals surface area contributed by atoms with E-state index in [1.54, 1.807) is 0 Å². The van der Waals surface area contributed by atoms with Gasteiger partial charge < -0.3 is 0 Å². The van der Waals surface area contributed by atoms with Gasteiger partial charge in [-0.25, -0.2) is 0 Å². The van der Waals surface area contributed by atoms with Crippen molar-refractivity contribution in [2.45, 2.75) is 12.5 Å². The largest absolute Gasteiger partial charge is 0.257 e. The van der Waals surface area contributed by atoms with Crippen molar-refractivity contribution in [2.75, 3.05) is 5.01 Å². The molecule has 0 amide bonds. The summed E-state index contributed by atoms with van der Waals surface area (Å²) in [7, 11) is 0. The summed E-state index contributed by atoms with van der Waals surface area (Å²) in [5, 5.41) is 7.71. The number of hydrogen-bond acceptors (Lipinski definition) is 2. The van der Waals surface area contributed by atoms with Crippen molar-refractivity contribution in [3.05, 3.63) is 107 Å². The minimum absolute atomic E-state index is 0.188. The molecule has 0 fully saturated rings. The van der Waals surface area contributed by atoms with Crippen LogP contribution < -0.4 is 5.01 Å². The third kappa shape index (κ3) is 3.71. The van der Waals surface area contributed by atoms with E-state index in [0.717, 1.165) is 22.8 Å². The molecule has 0 spiro atoms. The van der Waals surface area contributed by atoms with E-state index < -0.39 is 0 Å². The zero-order valence-electron chi connectivity index (χ0n) is 14.3. The van der Waals surface area contributed by atoms with Crippen LogP contribution in [0.2, 0.25) is 5.02 Å². The Morgan fingerprint density at radius 1 is 0.808 bits per heavy atom. The summed E-state index contributed by atoms with van der Waals surface area (Å²) in [4.78, 5) is 0. The van der Waals surface area contributed by atoms with Crippen LogP contribution in [0.5, 0.6) is 0 Å². The number of hydrazone groups is 1. The van der Waals surface area contributed by atoms with Crippen LogP contribution in [0.15, 0.2) is 96.1 Å². The van der Waals surface area contributed by atoms with E-state index in [1.807, 2.05) is 48.5 Å². The summed E-state index contributed by atoms with van der Waals surface area (Å²) < 4.78 is 0. The van der Waals surface area contributed by atoms with Crippen LogP contribution in [0, 0.1) is 0 Å². The molecule has 4 rings (SSSR count). The van der Waals surface area contributed by atoms with Gasteiger partial charge in [0.25, 0.3) is 0 Å². The highest BCUT2D eigenvalue weighted by Gasteiger charge is 2.27. The predicted molar refractivity (Wildman–Crippen MR) is 111 cm³/mol. The maximum absolute atomic E-state index is 6.05. The second-order valence-corrected chi connectivity index (χ2v) is 6.72. The van der Waals surface area contributed by atoms with Crippen LogP contribution in [0.4, 0.5) is 5.69 Å². The van der Waals surface area contributed by atoms with Crippen molar-refractivity contribution in [1.29, 1.82) is 0 Å². The maximum atomic E-state index is 6.05. The van der Waals surface area contributed by atoms with Gasteiger partial charge in [0.1, 0.15) is 0 Å². The molecule has 2 nitrogen and oxygen atoms in total. The Balaban J connectivity index is 1.65. The molecular weight excluding hydrogens is 340 g/mol. The molecule has 0 unspecified atom stereocenters. The van der Waals surface area contributed by atoms with Crippen molar-refractivity contribution >= 4 is 29.1 Å². The molecule has 1 heterocycles. The van der Waals surface area contributed by atoms with Gasteiger partial charge in [0.05, 0.1) is 17.4 Å². The highest BCUT2D eigenvalue weighted by molar-refractivity contribution is 6.30. The number of nitrogens with zero attached hydrogens (tertiary/aromatic N) is 2. The van der Waals surface area contributed by atoms with E-state index in [9.17, 15) is 0 Å². The first-order valence-corrected chi connectivity index (χ1v) is 9.08. The van der Waals surface area contributed by atoms with Gasteiger partial charge in [0, 0.05) is 11.4 Å². The molecule has 1 aliphatic rings. The van der Waals surface area contributed by atoms with Gasteiger partial charge in [-0.05, 0) is 41.5 Å². The van der Waals surface area contributed by atoms with E-state index in [-0.39, 0.29) is 6.04 Å². The Hall–Kier alpha value is -2.84. The number of hydrogen-bond donors (Lipinski definition) is 0. The number of benzene rings is 3. The molecule has 0 aliphatic carbocycles. The van der Waals surface area contributed by atoms with Crippen LogP contribution >= 0.6 is 11.6 Å². The molecule has 0 aromatic heterocycles. The summed E-state index contributed by atoms with van der Waals surface area (Å²) >= 11 is 6.05. The second-order valence-electron chi connectivity index (χ2n) is 6.29. The Morgan fingerprint density at radius 3 is 2.15 bits per heavy atom. The summed E-state index contributed by atoms with van der Waals surface area (Å²) in [6.45, 7) is 0. The fourth-order valence-electron chi connectivity index (χ4n) is 3.16. The third-order valence-corrected chi connectivity index (χ3v) is 4.73. The van der Waals surface area contributed by atoms with E-state index in [4.69, 9.17) is 16.7 Å². The first-order chi connectivity index (χ1) is 12.8. The summed E-state index contributed by atoms with van der Waals surface area (Å²) in [5.74, 6) is 0. The number of rotatable bonds is 4. The minimum atomic E-state index is 0.188. The fraction of sp³-hybridized carbons (Fsp3) is 0.0870. The fourth-order valence-corrected chi connectivity index (χ4v) is 3.28. The van der Waals surface area contributed by atoms with Gasteiger partial charge in [-0.1, -0.05) is 78.3 Å². The van der Waals surface area contributed by atoms with Crippen molar-refractivity contribution in [2.24, 2.45) is 5.10 Å². The van der Waals surface area contributed by atoms with E-state index in [2.05, 4.69) is 53.6 Å². The molecule has 1 aliphatic heterocycles. The third-order valence-electron chi connectivity index (χ3n) is 4.48. The quantitative estimate of drug-likeness (QED) is 0.529. The first-order valence-electron chi connectivity index (χ1n) is 8.70. The van der Waals surface area contributed by atoms with Crippen molar-refractivity contribution in [3.63, 3.8) is 0 Å². The van der Waals surface area contributed by atoms with Gasteiger partial charge in [-0.2, -0.15) is 5.10 Å². The van der Waals surface area contributed by atoms with Gasteiger partial charge in [0.2, 0.25) is 0 Å². The zero-order chi connectivity index (χ0) is 17.8. The molecule has 3 heteroatoms. The topological polar surface area (TPSA) is 15.6 Å². The van der Waals surface area contributed by atoms with E-state index in [1.165, 1.54) is 11.1 Å². The Labute approximate surface area is 159 Å². The molecule has 3 aromatic carbocycles. The van der Waals surface area contributed by atoms with Gasteiger partial charge in [-0.3, -0.25) is 5.01 Å². The molecule has 0 bridgehead atoms. The van der Waals surface area contributed by atoms with Gasteiger partial charge >= 0.3 is 0 Å². The SMILES string of the molecule is Clc1ccc(N2N=C(C=Cc3ccccc3)C[C@H]2c2ccccc2)cc1. The highest BCUT2D eigenvalue weighted by Crippen LogP contribution is 2.35. The van der Waals surface area contributed by atoms with E-state index in [0.29, 0.717) is 0 Å². The smallest absolute Gasteiger partial charge is 0.0831 e. The van der Waals surface area contributed by atoms with Crippen molar-refractivity contribution in [3.8, 4) is 0 Å². The number of allylic oxidation sites excluding steroid dienone is 1. The lowest BCUT2D eigenvalue weighted by atomic mass is 10.0. The highest BCUT2D eigenvalue weighted by atomic mass is 35.5. The molecule has 128 valence electrons. The Bertz CT molecular complexity index is 915. The van der Waals surface area contributed by atoms with Crippen LogP contribution in [0.1, 0.15) is 23.6 Å². The average molecular weight is 359 g/mol. The summed E-state index contributed by atoms with van der Waals surface area (Å²) in [6.07, 6.45) is 5.10. The molecule has 0 saturated heterocycles. The van der Waals surface area contributed by atoms with E-state index >= 15 is 0 Å². The van der Waals surface area contributed by atoms with Crippen molar-refractivity contribution in [1.82, 2.24) is 0 Å². The second kappa shape index (κ2) is 7.59. The van der Waals surface area contributed by atoms with Gasteiger partial charge in [-0.15, -0.1) is 0 Å². The lowest BCUT2D eigenvalue weighted by molar-refractivity contribution is 0.709. The van der Waals surface area contributed by atoms with Crippen LogP contribution in [-0.4, -0.2) is 5.71 Å². The van der Waals surface area contributed by atoms with Crippen LogP contribution in [-0.2, 0) is 0 Å². The Kier molecular flexibility index (Phi) is 4.85. The summed E-state index contributed by atoms with van der Waals surface area (Å²) in [6, 6.07) is 28.9. The molecule has 0 radical (unpaired) electrons. The first kappa shape index (κ1) is 16.6. The lowest BCUT2D eigenvalue weighted by Gasteiger charge is -2.24. The molecule has 0 N–H and O–H groups in total. The maximum Gasteiger partial charge on any atom is 0.0831 e. The Morgan fingerprint density at radius 2 is 1.46 bits per heavy atom. The predicted octanol–water partition coefficient (Wildman–Crippen LogP) is 6.36. The molecular formula is C23H19ClN2. The van der Waals surface area contributed by atoms with Crippen LogP contribution in [0.3, 0.4) is 0 Å². The monoisotopic (exact) mass is 358 g/mol. The normalized spacial score (nSPS) is 16.9. The molecule has 0 saturated carbocycles. The standard InChI is InChI=1S/C23H19ClN2/c24-20-12-15-22(16-13-20)26-23(19-9-5-2-6-10-19)17-21(25-26)14-11-18-7-3-1-4-8-18/h1-16,23H,17H2/t23-/m0/s1. The number of halogens is 1. The number of anilines is 1. The molecule has 1 atom stereocenters. The molecule has 3 aromatic rings. The van der Waals surface area contributed by atoms with Gasteiger partial charge in [0.15, 0.2) is 0 Å².